The monoisotopic (exact) mass is 273 g/mol. The van der Waals surface area contributed by atoms with Crippen LogP contribution in [0.1, 0.15) is 24.8 Å². The number of nitrogens with two attached hydrogens (primary N) is 1. The van der Waals surface area contributed by atoms with Crippen molar-refractivity contribution in [3.05, 3.63) is 48.5 Å². The normalized spacial score (nSPS) is 12.1. The molecule has 1 aromatic carbocycles. The van der Waals surface area contributed by atoms with Crippen molar-refractivity contribution >= 4 is 11.7 Å². The number of carbonyl (C=O) groups is 1. The molecular weight excluding hydrogens is 254 g/mol. The van der Waals surface area contributed by atoms with Crippen molar-refractivity contribution in [3.8, 4) is 0 Å². The first-order chi connectivity index (χ1) is 9.66. The lowest BCUT2D eigenvalue weighted by molar-refractivity contribution is -0.145. The topological polar surface area (TPSA) is 70.1 Å². The van der Waals surface area contributed by atoms with E-state index in [0.717, 1.165) is 18.5 Å². The standard InChI is InChI=1S/C15H19N3O2/c1-12(13-4-2-5-14(16)10-13)15(19)20-9-3-7-18-8-6-17-11-18/h2,4-6,8,10-12H,3,7,9,16H2,1H3. The minimum absolute atomic E-state index is 0.221. The summed E-state index contributed by atoms with van der Waals surface area (Å²) in [4.78, 5) is 15.9. The third-order valence-electron chi connectivity index (χ3n) is 3.13. The lowest BCUT2D eigenvalue weighted by atomic mass is 10.0. The maximum atomic E-state index is 11.9. The number of nitrogens with zero attached hydrogens (tertiary/aromatic N) is 2. The van der Waals surface area contributed by atoms with E-state index in [4.69, 9.17) is 10.5 Å². The Morgan fingerprint density at radius 3 is 3.05 bits per heavy atom. The molecule has 0 bridgehead atoms. The molecule has 0 amide bonds. The molecule has 1 aromatic heterocycles. The van der Waals surface area contributed by atoms with Gasteiger partial charge in [0.1, 0.15) is 0 Å². The zero-order valence-electron chi connectivity index (χ0n) is 11.5. The molecule has 0 spiro atoms. The van der Waals surface area contributed by atoms with Gasteiger partial charge in [0.15, 0.2) is 0 Å². The number of rotatable bonds is 6. The SMILES string of the molecule is CC(C(=O)OCCCn1ccnc1)c1cccc(N)c1. The Balaban J connectivity index is 1.76. The summed E-state index contributed by atoms with van der Waals surface area (Å²) in [7, 11) is 0. The third kappa shape index (κ3) is 3.85. The Morgan fingerprint density at radius 1 is 1.50 bits per heavy atom. The highest BCUT2D eigenvalue weighted by Gasteiger charge is 2.16. The second kappa shape index (κ2) is 6.75. The summed E-state index contributed by atoms with van der Waals surface area (Å²) in [5, 5.41) is 0. The molecule has 1 heterocycles. The number of aromatic nitrogens is 2. The summed E-state index contributed by atoms with van der Waals surface area (Å²) in [6.45, 7) is 3.02. The lowest BCUT2D eigenvalue weighted by Crippen LogP contribution is -2.15. The lowest BCUT2D eigenvalue weighted by Gasteiger charge is -2.12. The summed E-state index contributed by atoms with van der Waals surface area (Å²) >= 11 is 0. The quantitative estimate of drug-likeness (QED) is 0.497. The molecule has 0 aliphatic carbocycles. The van der Waals surface area contributed by atoms with Crippen LogP contribution in [0.5, 0.6) is 0 Å². The van der Waals surface area contributed by atoms with E-state index in [0.29, 0.717) is 12.3 Å². The number of anilines is 1. The first-order valence-corrected chi connectivity index (χ1v) is 6.64. The Bertz CT molecular complexity index is 552. The predicted molar refractivity (Wildman–Crippen MR) is 77.1 cm³/mol. The van der Waals surface area contributed by atoms with E-state index in [1.54, 1.807) is 24.7 Å². The van der Waals surface area contributed by atoms with Gasteiger partial charge in [-0.2, -0.15) is 0 Å². The van der Waals surface area contributed by atoms with Crippen LogP contribution in [0.25, 0.3) is 0 Å². The average molecular weight is 273 g/mol. The fourth-order valence-electron chi connectivity index (χ4n) is 1.93. The molecule has 106 valence electrons. The number of imidazole rings is 1. The van der Waals surface area contributed by atoms with E-state index >= 15 is 0 Å². The molecule has 1 atom stereocenters. The highest BCUT2D eigenvalue weighted by atomic mass is 16.5. The second-order valence-electron chi connectivity index (χ2n) is 4.71. The van der Waals surface area contributed by atoms with Crippen LogP contribution in [0.2, 0.25) is 0 Å². The molecule has 0 saturated carbocycles. The number of esters is 1. The number of hydrogen-bond donors (Lipinski definition) is 1. The summed E-state index contributed by atoms with van der Waals surface area (Å²) in [6, 6.07) is 7.32. The second-order valence-corrected chi connectivity index (χ2v) is 4.71. The number of aryl methyl sites for hydroxylation is 1. The van der Waals surface area contributed by atoms with Crippen LogP contribution in [0.4, 0.5) is 5.69 Å². The minimum atomic E-state index is -0.299. The highest BCUT2D eigenvalue weighted by molar-refractivity contribution is 5.78. The van der Waals surface area contributed by atoms with E-state index in [9.17, 15) is 4.79 Å². The third-order valence-corrected chi connectivity index (χ3v) is 3.13. The fourth-order valence-corrected chi connectivity index (χ4v) is 1.93. The zero-order chi connectivity index (χ0) is 14.4. The number of ether oxygens (including phenoxy) is 1. The van der Waals surface area contributed by atoms with Gasteiger partial charge in [-0.1, -0.05) is 12.1 Å². The molecule has 2 aromatic rings. The van der Waals surface area contributed by atoms with Crippen molar-refractivity contribution in [1.29, 1.82) is 0 Å². The van der Waals surface area contributed by atoms with Gasteiger partial charge in [-0.3, -0.25) is 4.79 Å². The smallest absolute Gasteiger partial charge is 0.313 e. The first-order valence-electron chi connectivity index (χ1n) is 6.64. The fraction of sp³-hybridized carbons (Fsp3) is 0.333. The largest absolute Gasteiger partial charge is 0.465 e. The molecular formula is C15H19N3O2. The van der Waals surface area contributed by atoms with E-state index < -0.39 is 0 Å². The summed E-state index contributed by atoms with van der Waals surface area (Å²) in [6.07, 6.45) is 6.13. The van der Waals surface area contributed by atoms with Crippen molar-refractivity contribution in [2.75, 3.05) is 12.3 Å². The van der Waals surface area contributed by atoms with Gasteiger partial charge in [-0.15, -0.1) is 0 Å². The Hall–Kier alpha value is -2.30. The molecule has 0 fully saturated rings. The van der Waals surface area contributed by atoms with E-state index in [1.807, 2.05) is 29.8 Å². The van der Waals surface area contributed by atoms with Crippen molar-refractivity contribution in [2.24, 2.45) is 0 Å². The summed E-state index contributed by atoms with van der Waals surface area (Å²) < 4.78 is 7.24. The van der Waals surface area contributed by atoms with E-state index in [-0.39, 0.29) is 11.9 Å². The Morgan fingerprint density at radius 2 is 2.35 bits per heavy atom. The maximum Gasteiger partial charge on any atom is 0.313 e. The van der Waals surface area contributed by atoms with Gasteiger partial charge in [0.05, 0.1) is 18.9 Å². The molecule has 5 heteroatoms. The van der Waals surface area contributed by atoms with Crippen molar-refractivity contribution in [3.63, 3.8) is 0 Å². The predicted octanol–water partition coefficient (Wildman–Crippen LogP) is 2.20. The maximum absolute atomic E-state index is 11.9. The highest BCUT2D eigenvalue weighted by Crippen LogP contribution is 2.19. The van der Waals surface area contributed by atoms with Crippen LogP contribution in [-0.4, -0.2) is 22.1 Å². The van der Waals surface area contributed by atoms with Gasteiger partial charge in [0.2, 0.25) is 0 Å². The molecule has 0 aliphatic rings. The van der Waals surface area contributed by atoms with Gasteiger partial charge in [-0.25, -0.2) is 4.98 Å². The Kier molecular flexibility index (Phi) is 4.76. The minimum Gasteiger partial charge on any atom is -0.465 e. The van der Waals surface area contributed by atoms with Crippen LogP contribution in [0.15, 0.2) is 43.0 Å². The van der Waals surface area contributed by atoms with Gasteiger partial charge in [0.25, 0.3) is 0 Å². The molecule has 5 nitrogen and oxygen atoms in total. The summed E-state index contributed by atoms with van der Waals surface area (Å²) in [5.41, 5.74) is 7.25. The molecule has 0 saturated heterocycles. The number of benzene rings is 1. The first kappa shape index (κ1) is 14.1. The van der Waals surface area contributed by atoms with Gasteiger partial charge < -0.3 is 15.0 Å². The van der Waals surface area contributed by atoms with Crippen molar-refractivity contribution < 1.29 is 9.53 Å². The van der Waals surface area contributed by atoms with Gasteiger partial charge >= 0.3 is 5.97 Å². The number of hydrogen-bond acceptors (Lipinski definition) is 4. The number of carbonyl (C=O) groups excluding carboxylic acids is 1. The molecule has 1 unspecified atom stereocenters. The van der Waals surface area contributed by atoms with Crippen molar-refractivity contribution in [2.45, 2.75) is 25.8 Å². The average Bonchev–Trinajstić information content (AvgIpc) is 2.95. The summed E-state index contributed by atoms with van der Waals surface area (Å²) in [5.74, 6) is -0.520. The molecule has 2 rings (SSSR count). The Labute approximate surface area is 118 Å². The van der Waals surface area contributed by atoms with Crippen LogP contribution < -0.4 is 5.73 Å². The van der Waals surface area contributed by atoms with Gasteiger partial charge in [0, 0.05) is 24.6 Å². The zero-order valence-corrected chi connectivity index (χ0v) is 11.5. The van der Waals surface area contributed by atoms with Crippen LogP contribution in [0, 0.1) is 0 Å². The van der Waals surface area contributed by atoms with Crippen LogP contribution in [-0.2, 0) is 16.1 Å². The van der Waals surface area contributed by atoms with Gasteiger partial charge in [-0.05, 0) is 31.0 Å². The van der Waals surface area contributed by atoms with Crippen LogP contribution in [0.3, 0.4) is 0 Å². The van der Waals surface area contributed by atoms with Crippen molar-refractivity contribution in [1.82, 2.24) is 9.55 Å². The molecule has 20 heavy (non-hydrogen) atoms. The molecule has 0 radical (unpaired) electrons. The molecule has 2 N–H and O–H groups in total. The molecule has 0 aliphatic heterocycles. The van der Waals surface area contributed by atoms with Crippen LogP contribution >= 0.6 is 0 Å². The van der Waals surface area contributed by atoms with E-state index in [2.05, 4.69) is 4.98 Å². The van der Waals surface area contributed by atoms with E-state index in [1.165, 1.54) is 0 Å². The number of nitrogen functional groups attached to an aromatic ring is 1.